The zero-order chi connectivity index (χ0) is 17.8. The number of furan rings is 1. The van der Waals surface area contributed by atoms with E-state index in [0.29, 0.717) is 18.1 Å². The van der Waals surface area contributed by atoms with E-state index in [1.165, 1.54) is 12.1 Å². The third-order valence-electron chi connectivity index (χ3n) is 3.81. The summed E-state index contributed by atoms with van der Waals surface area (Å²) in [6.45, 7) is 3.73. The molecule has 0 saturated carbocycles. The topological polar surface area (TPSA) is 68.3 Å². The molecule has 6 heteroatoms. The number of amides is 1. The molecule has 130 valence electrons. The predicted octanol–water partition coefficient (Wildman–Crippen LogP) is 4.19. The van der Waals surface area contributed by atoms with Crippen LogP contribution in [0.25, 0.3) is 11.3 Å². The summed E-state index contributed by atoms with van der Waals surface area (Å²) in [5, 5.41) is 2.88. The number of carbonyl (C=O) groups excluding carboxylic acids is 1. The van der Waals surface area contributed by atoms with Crippen LogP contribution in [-0.4, -0.2) is 10.9 Å². The lowest BCUT2D eigenvalue weighted by atomic mass is 10.2. The maximum atomic E-state index is 12.9. The van der Waals surface area contributed by atoms with Gasteiger partial charge < -0.3 is 14.2 Å². The van der Waals surface area contributed by atoms with Crippen molar-refractivity contribution in [3.8, 4) is 11.3 Å². The second kappa shape index (κ2) is 7.34. The summed E-state index contributed by atoms with van der Waals surface area (Å²) < 4.78 is 24.1. The standard InChI is InChI=1S/C19H19FN2O3/c1-12-3-8-16(24-12)13(2)22-18(23)9-10-19-21-11-17(25-19)14-4-6-15(20)7-5-14/h3-8,11,13H,9-10H2,1-2H3,(H,22,23). The Hall–Kier alpha value is -2.89. The fraction of sp³-hybridized carbons (Fsp3) is 0.263. The van der Waals surface area contributed by atoms with Crippen LogP contribution in [0.2, 0.25) is 0 Å². The molecule has 1 aromatic carbocycles. The first-order valence-electron chi connectivity index (χ1n) is 8.07. The number of hydrogen-bond acceptors (Lipinski definition) is 4. The summed E-state index contributed by atoms with van der Waals surface area (Å²) in [6, 6.07) is 9.50. The molecule has 0 aliphatic carbocycles. The molecule has 2 aromatic heterocycles. The van der Waals surface area contributed by atoms with E-state index in [4.69, 9.17) is 8.83 Å². The number of nitrogens with zero attached hydrogens (tertiary/aromatic N) is 1. The first kappa shape index (κ1) is 17.0. The highest BCUT2D eigenvalue weighted by molar-refractivity contribution is 5.76. The van der Waals surface area contributed by atoms with Gasteiger partial charge in [0.2, 0.25) is 5.91 Å². The average molecular weight is 342 g/mol. The molecule has 0 spiro atoms. The van der Waals surface area contributed by atoms with Crippen molar-refractivity contribution in [1.82, 2.24) is 10.3 Å². The van der Waals surface area contributed by atoms with Gasteiger partial charge in [-0.3, -0.25) is 4.79 Å². The van der Waals surface area contributed by atoms with Crippen LogP contribution in [-0.2, 0) is 11.2 Å². The van der Waals surface area contributed by atoms with Crippen LogP contribution in [0, 0.1) is 12.7 Å². The average Bonchev–Trinajstić information content (AvgIpc) is 3.23. The molecule has 0 aliphatic heterocycles. The third-order valence-corrected chi connectivity index (χ3v) is 3.81. The van der Waals surface area contributed by atoms with Crippen LogP contribution in [0.5, 0.6) is 0 Å². The van der Waals surface area contributed by atoms with Crippen LogP contribution >= 0.6 is 0 Å². The second-order valence-corrected chi connectivity index (χ2v) is 5.86. The predicted molar refractivity (Wildman–Crippen MR) is 90.2 cm³/mol. The van der Waals surface area contributed by atoms with Gasteiger partial charge in [-0.05, 0) is 50.2 Å². The molecule has 1 atom stereocenters. The highest BCUT2D eigenvalue weighted by atomic mass is 19.1. The fourth-order valence-electron chi connectivity index (χ4n) is 2.46. The Morgan fingerprint density at radius 3 is 2.64 bits per heavy atom. The van der Waals surface area contributed by atoms with Gasteiger partial charge in [0.1, 0.15) is 17.3 Å². The first-order valence-corrected chi connectivity index (χ1v) is 8.07. The van der Waals surface area contributed by atoms with Gasteiger partial charge in [-0.1, -0.05) is 0 Å². The molecular weight excluding hydrogens is 323 g/mol. The van der Waals surface area contributed by atoms with Crippen LogP contribution in [0.1, 0.15) is 36.8 Å². The van der Waals surface area contributed by atoms with Crippen molar-refractivity contribution in [2.75, 3.05) is 0 Å². The van der Waals surface area contributed by atoms with Crippen LogP contribution in [0.3, 0.4) is 0 Å². The van der Waals surface area contributed by atoms with E-state index in [9.17, 15) is 9.18 Å². The van der Waals surface area contributed by atoms with Gasteiger partial charge in [0.25, 0.3) is 0 Å². The summed E-state index contributed by atoms with van der Waals surface area (Å²) in [5.74, 6) is 2.14. The zero-order valence-corrected chi connectivity index (χ0v) is 14.1. The maximum absolute atomic E-state index is 12.9. The largest absolute Gasteiger partial charge is 0.464 e. The van der Waals surface area contributed by atoms with Gasteiger partial charge in [-0.2, -0.15) is 0 Å². The van der Waals surface area contributed by atoms with Crippen molar-refractivity contribution in [2.45, 2.75) is 32.7 Å². The number of aryl methyl sites for hydroxylation is 2. The van der Waals surface area contributed by atoms with Crippen LogP contribution < -0.4 is 5.32 Å². The molecule has 3 rings (SSSR count). The molecular formula is C19H19FN2O3. The Bertz CT molecular complexity index is 852. The molecule has 1 N–H and O–H groups in total. The Balaban J connectivity index is 1.53. The number of nitrogens with one attached hydrogen (secondary N) is 1. The quantitative estimate of drug-likeness (QED) is 0.729. The van der Waals surface area contributed by atoms with Gasteiger partial charge >= 0.3 is 0 Å². The molecule has 2 heterocycles. The number of aromatic nitrogens is 1. The molecule has 3 aromatic rings. The molecule has 0 fully saturated rings. The van der Waals surface area contributed by atoms with Crippen molar-refractivity contribution < 1.29 is 18.0 Å². The minimum absolute atomic E-state index is 0.108. The molecule has 25 heavy (non-hydrogen) atoms. The van der Waals surface area contributed by atoms with Crippen molar-refractivity contribution >= 4 is 5.91 Å². The number of carbonyl (C=O) groups is 1. The number of oxazole rings is 1. The van der Waals surface area contributed by atoms with Gasteiger partial charge in [0.05, 0.1) is 12.2 Å². The van der Waals surface area contributed by atoms with E-state index in [1.807, 2.05) is 26.0 Å². The van der Waals surface area contributed by atoms with Gasteiger partial charge in [-0.15, -0.1) is 0 Å². The van der Waals surface area contributed by atoms with Gasteiger partial charge in [0.15, 0.2) is 11.7 Å². The van der Waals surface area contributed by atoms with E-state index < -0.39 is 0 Å². The summed E-state index contributed by atoms with van der Waals surface area (Å²) in [5.41, 5.74) is 0.742. The van der Waals surface area contributed by atoms with Crippen molar-refractivity contribution in [2.24, 2.45) is 0 Å². The molecule has 0 radical (unpaired) electrons. The minimum Gasteiger partial charge on any atom is -0.464 e. The van der Waals surface area contributed by atoms with E-state index in [1.54, 1.807) is 18.3 Å². The fourth-order valence-corrected chi connectivity index (χ4v) is 2.46. The van der Waals surface area contributed by atoms with E-state index in [0.717, 1.165) is 17.1 Å². The van der Waals surface area contributed by atoms with Gasteiger partial charge in [0, 0.05) is 18.4 Å². The summed E-state index contributed by atoms with van der Waals surface area (Å²) in [6.07, 6.45) is 2.22. The highest BCUT2D eigenvalue weighted by Crippen LogP contribution is 2.21. The SMILES string of the molecule is Cc1ccc(C(C)NC(=O)CCc2ncc(-c3ccc(F)cc3)o2)o1. The van der Waals surface area contributed by atoms with E-state index in [-0.39, 0.29) is 24.2 Å². The third kappa shape index (κ3) is 4.35. The Kier molecular flexibility index (Phi) is 4.97. The lowest BCUT2D eigenvalue weighted by molar-refractivity contribution is -0.121. The van der Waals surface area contributed by atoms with E-state index >= 15 is 0 Å². The lowest BCUT2D eigenvalue weighted by Crippen LogP contribution is -2.26. The van der Waals surface area contributed by atoms with Crippen LogP contribution in [0.4, 0.5) is 4.39 Å². The molecule has 0 aliphatic rings. The number of hydrogen-bond donors (Lipinski definition) is 1. The molecule has 1 amide bonds. The number of rotatable bonds is 6. The summed E-state index contributed by atoms with van der Waals surface area (Å²) in [4.78, 5) is 16.2. The number of benzene rings is 1. The Morgan fingerprint density at radius 2 is 1.96 bits per heavy atom. The van der Waals surface area contributed by atoms with Gasteiger partial charge in [-0.25, -0.2) is 9.37 Å². The van der Waals surface area contributed by atoms with Crippen molar-refractivity contribution in [1.29, 1.82) is 0 Å². The highest BCUT2D eigenvalue weighted by Gasteiger charge is 2.14. The van der Waals surface area contributed by atoms with Crippen molar-refractivity contribution in [3.05, 3.63) is 65.8 Å². The smallest absolute Gasteiger partial charge is 0.221 e. The molecule has 0 bridgehead atoms. The Labute approximate surface area is 144 Å². The Morgan fingerprint density at radius 1 is 1.20 bits per heavy atom. The number of halogens is 1. The normalized spacial score (nSPS) is 12.1. The van der Waals surface area contributed by atoms with Crippen molar-refractivity contribution in [3.63, 3.8) is 0 Å². The lowest BCUT2D eigenvalue weighted by Gasteiger charge is -2.10. The van der Waals surface area contributed by atoms with Crippen LogP contribution in [0.15, 0.2) is 51.4 Å². The molecule has 1 unspecified atom stereocenters. The zero-order valence-electron chi connectivity index (χ0n) is 14.1. The van der Waals surface area contributed by atoms with E-state index in [2.05, 4.69) is 10.3 Å². The molecule has 0 saturated heterocycles. The molecule has 5 nitrogen and oxygen atoms in total. The summed E-state index contributed by atoms with van der Waals surface area (Å²) >= 11 is 0. The maximum Gasteiger partial charge on any atom is 0.221 e. The minimum atomic E-state index is -0.305. The first-order chi connectivity index (χ1) is 12.0. The second-order valence-electron chi connectivity index (χ2n) is 5.86. The monoisotopic (exact) mass is 342 g/mol. The summed E-state index contributed by atoms with van der Waals surface area (Å²) in [7, 11) is 0.